The third-order valence-electron chi connectivity index (χ3n) is 5.28. The van der Waals surface area contributed by atoms with E-state index in [-0.39, 0.29) is 23.4 Å². The van der Waals surface area contributed by atoms with Crippen LogP contribution >= 0.6 is 15.9 Å². The van der Waals surface area contributed by atoms with Crippen molar-refractivity contribution in [3.05, 3.63) is 63.2 Å². The van der Waals surface area contributed by atoms with Crippen LogP contribution in [0.3, 0.4) is 0 Å². The molecule has 2 aromatic rings. The quantitative estimate of drug-likeness (QED) is 0.338. The van der Waals surface area contributed by atoms with Gasteiger partial charge in [0.25, 0.3) is 11.6 Å². The molecule has 0 saturated heterocycles. The van der Waals surface area contributed by atoms with Crippen molar-refractivity contribution >= 4 is 33.5 Å². The van der Waals surface area contributed by atoms with E-state index in [1.54, 1.807) is 18.2 Å². The van der Waals surface area contributed by atoms with Gasteiger partial charge in [-0.2, -0.15) is 0 Å². The van der Waals surface area contributed by atoms with Crippen molar-refractivity contribution in [3.8, 4) is 11.5 Å². The molecular weight excluding hydrogens is 472 g/mol. The lowest BCUT2D eigenvalue weighted by Gasteiger charge is -2.41. The zero-order valence-electron chi connectivity index (χ0n) is 16.9. The Morgan fingerprint density at radius 2 is 1.94 bits per heavy atom. The maximum atomic E-state index is 13.4. The number of carboxylic acids is 1. The third-order valence-corrected chi connectivity index (χ3v) is 5.84. The molecule has 1 N–H and O–H groups in total. The lowest BCUT2D eigenvalue weighted by atomic mass is 9.79. The fourth-order valence-corrected chi connectivity index (χ4v) is 4.15. The number of aliphatic carboxylic acids is 1. The number of hydrogen-bond acceptors (Lipinski definition) is 6. The number of nitro groups is 1. The predicted molar refractivity (Wildman–Crippen MR) is 115 cm³/mol. The van der Waals surface area contributed by atoms with Gasteiger partial charge in [-0.1, -0.05) is 22.0 Å². The first-order valence-corrected chi connectivity index (χ1v) is 10.6. The number of carbonyl (C=O) groups excluding carboxylic acids is 1. The fraction of sp³-hybridized carbons (Fsp3) is 0.333. The van der Waals surface area contributed by atoms with Crippen LogP contribution in [0.25, 0.3) is 0 Å². The second-order valence-electron chi connectivity index (χ2n) is 6.94. The highest BCUT2D eigenvalue weighted by atomic mass is 79.9. The van der Waals surface area contributed by atoms with Crippen molar-refractivity contribution in [1.29, 1.82) is 0 Å². The number of nitrogens with zero attached hydrogens (tertiary/aromatic N) is 2. The molecule has 3 rings (SSSR count). The van der Waals surface area contributed by atoms with E-state index in [1.165, 1.54) is 31.3 Å². The number of fused-ring (bicyclic) bond motifs is 1. The van der Waals surface area contributed by atoms with Gasteiger partial charge in [-0.05, 0) is 30.2 Å². The Morgan fingerprint density at radius 3 is 2.52 bits per heavy atom. The second kappa shape index (κ2) is 9.34. The topological polar surface area (TPSA) is 119 Å². The van der Waals surface area contributed by atoms with E-state index in [0.29, 0.717) is 28.8 Å². The highest BCUT2D eigenvalue weighted by Gasteiger charge is 2.45. The van der Waals surface area contributed by atoms with Gasteiger partial charge >= 0.3 is 5.97 Å². The summed E-state index contributed by atoms with van der Waals surface area (Å²) in [6, 6.07) is 7.83. The molecule has 31 heavy (non-hydrogen) atoms. The van der Waals surface area contributed by atoms with Crippen LogP contribution in [-0.4, -0.2) is 52.9 Å². The molecule has 1 aliphatic rings. The van der Waals surface area contributed by atoms with Crippen LogP contribution in [0, 0.1) is 10.1 Å². The number of ether oxygens (including phenoxy) is 2. The summed E-state index contributed by atoms with van der Waals surface area (Å²) < 4.78 is 10.8. The highest BCUT2D eigenvalue weighted by molar-refractivity contribution is 9.09. The van der Waals surface area contributed by atoms with E-state index < -0.39 is 28.8 Å². The van der Waals surface area contributed by atoms with Crippen molar-refractivity contribution in [2.24, 2.45) is 0 Å². The molecule has 164 valence electrons. The Hall–Kier alpha value is -3.14. The van der Waals surface area contributed by atoms with E-state index in [9.17, 15) is 24.8 Å². The largest absolute Gasteiger partial charge is 0.497 e. The van der Waals surface area contributed by atoms with Gasteiger partial charge in [-0.15, -0.1) is 0 Å². The van der Waals surface area contributed by atoms with E-state index in [2.05, 4.69) is 15.9 Å². The lowest BCUT2D eigenvalue weighted by Crippen LogP contribution is -2.45. The number of carbonyl (C=O) groups is 2. The van der Waals surface area contributed by atoms with Gasteiger partial charge in [0.1, 0.15) is 17.4 Å². The number of hydrogen-bond donors (Lipinski definition) is 1. The SMILES string of the molecule is COc1ccc(OC)c([C@@H]2[C@H](C(=O)O)c3ccc([N+](=O)[O-])cc3C(=O)N2CCCBr)c1. The van der Waals surface area contributed by atoms with Crippen molar-refractivity contribution in [2.45, 2.75) is 18.4 Å². The van der Waals surface area contributed by atoms with Gasteiger partial charge in [0.15, 0.2) is 0 Å². The molecule has 0 aliphatic carbocycles. The van der Waals surface area contributed by atoms with Crippen molar-refractivity contribution in [2.75, 3.05) is 26.1 Å². The van der Waals surface area contributed by atoms with E-state index in [0.717, 1.165) is 6.07 Å². The summed E-state index contributed by atoms with van der Waals surface area (Å²) in [6.45, 7) is 0.251. The van der Waals surface area contributed by atoms with Crippen LogP contribution in [0.15, 0.2) is 36.4 Å². The third kappa shape index (κ3) is 4.20. The number of alkyl halides is 1. The van der Waals surface area contributed by atoms with Gasteiger partial charge in [-0.3, -0.25) is 19.7 Å². The predicted octanol–water partition coefficient (Wildman–Crippen LogP) is 3.76. The molecule has 0 saturated carbocycles. The van der Waals surface area contributed by atoms with Crippen LogP contribution in [0.1, 0.15) is 39.9 Å². The van der Waals surface area contributed by atoms with Crippen molar-refractivity contribution in [1.82, 2.24) is 4.90 Å². The standard InChI is InChI=1S/C21H21BrN2O7/c1-30-13-5-7-17(31-2)16(11-13)19-18(21(26)27)14-6-4-12(24(28)29)10-15(14)20(25)23(19)9-3-8-22/h4-7,10-11,18-19H,3,8-9H2,1-2H3,(H,26,27)/t18-,19-/m1/s1. The van der Waals surface area contributed by atoms with Crippen LogP contribution in [0.2, 0.25) is 0 Å². The number of amides is 1. The first kappa shape index (κ1) is 22.5. The summed E-state index contributed by atoms with van der Waals surface area (Å²) in [4.78, 5) is 37.9. The Balaban J connectivity index is 2.28. The Bertz CT molecular complexity index is 1030. The first-order valence-electron chi connectivity index (χ1n) is 9.44. The second-order valence-corrected chi connectivity index (χ2v) is 7.73. The number of nitro benzene ring substituents is 1. The molecule has 9 nitrogen and oxygen atoms in total. The van der Waals surface area contributed by atoms with Crippen LogP contribution in [0.4, 0.5) is 5.69 Å². The minimum Gasteiger partial charge on any atom is -0.497 e. The van der Waals surface area contributed by atoms with Crippen molar-refractivity contribution < 1.29 is 29.1 Å². The number of halogens is 1. The summed E-state index contributed by atoms with van der Waals surface area (Å²) >= 11 is 3.34. The van der Waals surface area contributed by atoms with Crippen molar-refractivity contribution in [3.63, 3.8) is 0 Å². The monoisotopic (exact) mass is 492 g/mol. The summed E-state index contributed by atoms with van der Waals surface area (Å²) in [5, 5.41) is 22.0. The molecule has 0 spiro atoms. The molecular formula is C21H21BrN2O7. The summed E-state index contributed by atoms with van der Waals surface area (Å²) in [6.07, 6.45) is 0.561. The minimum atomic E-state index is -1.15. The zero-order valence-corrected chi connectivity index (χ0v) is 18.5. The highest BCUT2D eigenvalue weighted by Crippen LogP contribution is 2.47. The van der Waals surface area contributed by atoms with Gasteiger partial charge in [-0.25, -0.2) is 0 Å². The van der Waals surface area contributed by atoms with E-state index in [1.807, 2.05) is 0 Å². The first-order chi connectivity index (χ1) is 14.8. The lowest BCUT2D eigenvalue weighted by molar-refractivity contribution is -0.384. The van der Waals surface area contributed by atoms with Gasteiger partial charge in [0, 0.05) is 29.6 Å². The smallest absolute Gasteiger partial charge is 0.313 e. The van der Waals surface area contributed by atoms with Crippen LogP contribution < -0.4 is 9.47 Å². The summed E-state index contributed by atoms with van der Waals surface area (Å²) in [5.41, 5.74) is 0.470. The maximum Gasteiger partial charge on any atom is 0.313 e. The number of benzene rings is 2. The Kier molecular flexibility index (Phi) is 6.79. The molecule has 0 radical (unpaired) electrons. The summed E-state index contributed by atoms with van der Waals surface area (Å²) in [7, 11) is 2.95. The number of carboxylic acid groups (broad SMARTS) is 1. The minimum absolute atomic E-state index is 0.0225. The molecule has 2 aromatic carbocycles. The number of methoxy groups -OCH3 is 2. The van der Waals surface area contributed by atoms with Gasteiger partial charge in [0.2, 0.25) is 0 Å². The molecule has 1 amide bonds. The van der Waals surface area contributed by atoms with Gasteiger partial charge < -0.3 is 19.5 Å². The fourth-order valence-electron chi connectivity index (χ4n) is 3.90. The molecule has 0 unspecified atom stereocenters. The average molecular weight is 493 g/mol. The molecule has 0 fully saturated rings. The molecule has 0 aromatic heterocycles. The number of non-ortho nitro benzene ring substituents is 1. The molecule has 0 bridgehead atoms. The van der Waals surface area contributed by atoms with E-state index in [4.69, 9.17) is 9.47 Å². The average Bonchev–Trinajstić information content (AvgIpc) is 2.77. The Labute approximate surface area is 186 Å². The molecule has 1 aliphatic heterocycles. The van der Waals surface area contributed by atoms with E-state index >= 15 is 0 Å². The maximum absolute atomic E-state index is 13.4. The molecule has 2 atom stereocenters. The molecule has 1 heterocycles. The Morgan fingerprint density at radius 1 is 1.19 bits per heavy atom. The zero-order chi connectivity index (χ0) is 22.7. The molecule has 10 heteroatoms. The summed E-state index contributed by atoms with van der Waals surface area (Å²) in [5.74, 6) is -1.86. The van der Waals surface area contributed by atoms with Crippen LogP contribution in [-0.2, 0) is 4.79 Å². The number of rotatable bonds is 8. The van der Waals surface area contributed by atoms with Gasteiger partial charge in [0.05, 0.1) is 30.7 Å². The van der Waals surface area contributed by atoms with Crippen LogP contribution in [0.5, 0.6) is 11.5 Å². The normalized spacial score (nSPS) is 17.8.